The zero-order valence-electron chi connectivity index (χ0n) is 12.2. The van der Waals surface area contributed by atoms with Gasteiger partial charge in [0.1, 0.15) is 0 Å². The molecule has 0 aliphatic rings. The Hall–Kier alpha value is -1.68. The van der Waals surface area contributed by atoms with Gasteiger partial charge >= 0.3 is 39.0 Å². The second kappa shape index (κ2) is 26.8. The summed E-state index contributed by atoms with van der Waals surface area (Å²) < 4.78 is 0. The number of nitrogens with two attached hydrogens (primary N) is 2. The Morgan fingerprint density at radius 1 is 0.810 bits per heavy atom. The van der Waals surface area contributed by atoms with Crippen molar-refractivity contribution in [1.29, 1.82) is 0 Å². The Morgan fingerprint density at radius 3 is 0.857 bits per heavy atom. The van der Waals surface area contributed by atoms with Gasteiger partial charge in [-0.2, -0.15) is 0 Å². The van der Waals surface area contributed by atoms with Crippen LogP contribution in [0.15, 0.2) is 0 Å². The van der Waals surface area contributed by atoms with E-state index in [0.717, 1.165) is 27.7 Å². The molecule has 0 aromatic heterocycles. The third kappa shape index (κ3) is 47800. The van der Waals surface area contributed by atoms with Crippen molar-refractivity contribution in [2.45, 2.75) is 32.6 Å². The van der Waals surface area contributed by atoms with E-state index in [1.807, 2.05) is 0 Å². The van der Waals surface area contributed by atoms with Gasteiger partial charge in [-0.25, -0.2) is 0 Å². The molecule has 0 aromatic carbocycles. The van der Waals surface area contributed by atoms with Crippen LogP contribution < -0.4 is 11.5 Å². The number of aliphatic carboxylic acids is 4. The van der Waals surface area contributed by atoms with Crippen LogP contribution in [-0.4, -0.2) is 55.8 Å². The van der Waals surface area contributed by atoms with Gasteiger partial charge < -0.3 is 20.4 Å². The molecule has 0 spiro atoms. The van der Waals surface area contributed by atoms with Gasteiger partial charge in [-0.15, -0.1) is 0 Å². The molecule has 21 heavy (non-hydrogen) atoms. The van der Waals surface area contributed by atoms with Gasteiger partial charge in [0.05, 0.1) is 0 Å². The molecule has 129 valence electrons. The number of rotatable bonds is 1. The van der Waals surface area contributed by atoms with Crippen LogP contribution in [-0.2, 0) is 35.2 Å². The first-order chi connectivity index (χ1) is 9.20. The molecule has 0 heterocycles. The van der Waals surface area contributed by atoms with Crippen LogP contribution >= 0.6 is 0 Å². The first kappa shape index (κ1) is 31.6. The summed E-state index contributed by atoms with van der Waals surface area (Å²) in [5, 5.41) is 29.7. The number of carbonyl (C=O) groups is 4. The van der Waals surface area contributed by atoms with Crippen molar-refractivity contribution in [1.82, 2.24) is 0 Å². The summed E-state index contributed by atoms with van der Waals surface area (Å²) in [4.78, 5) is 35.9. The van der Waals surface area contributed by atoms with Crippen molar-refractivity contribution in [2.75, 3.05) is 6.54 Å². The normalized spacial score (nSPS) is 8.33. The third-order valence-electron chi connectivity index (χ3n) is 0.219. The van der Waals surface area contributed by atoms with E-state index in [9.17, 15) is 0 Å². The number of hydrogen-bond donors (Lipinski definition) is 6. The molecule has 0 rings (SSSR count). The summed E-state index contributed by atoms with van der Waals surface area (Å²) in [6.45, 7) is 4.81. The zero-order valence-corrected chi connectivity index (χ0v) is 13.3. The van der Waals surface area contributed by atoms with Crippen LogP contribution in [0, 0.1) is 0 Å². The molecule has 0 saturated carbocycles. The first-order valence-electron chi connectivity index (χ1n) is 5.06. The number of hydrogen-bond acceptors (Lipinski definition) is 6. The van der Waals surface area contributed by atoms with E-state index in [-0.39, 0.29) is 4.94 Å². The molecule has 0 bridgehead atoms. The van der Waals surface area contributed by atoms with Crippen LogP contribution in [0.2, 0.25) is 0 Å². The van der Waals surface area contributed by atoms with Crippen molar-refractivity contribution in [3.8, 4) is 0 Å². The molecule has 0 aliphatic heterocycles. The van der Waals surface area contributed by atoms with Gasteiger partial charge in [0.25, 0.3) is 23.9 Å². The van der Waals surface area contributed by atoms with E-state index >= 15 is 0 Å². The zero-order chi connectivity index (χ0) is 18.6. The summed E-state index contributed by atoms with van der Waals surface area (Å²) in [5.41, 5.74) is 10.0. The van der Waals surface area contributed by atoms with Gasteiger partial charge in [0.15, 0.2) is 0 Å². The quantitative estimate of drug-likeness (QED) is 0.321. The molecule has 0 fully saturated rings. The average molecular weight is 355 g/mol. The van der Waals surface area contributed by atoms with Crippen LogP contribution in [0.5, 0.6) is 0 Å². The van der Waals surface area contributed by atoms with Gasteiger partial charge in [-0.3, -0.25) is 19.2 Å². The van der Waals surface area contributed by atoms with Crippen molar-refractivity contribution in [2.24, 2.45) is 11.5 Å². The molecule has 0 aliphatic carbocycles. The molecule has 1 atom stereocenters. The average Bonchev–Trinajstić information content (AvgIpc) is 2.13. The fourth-order valence-corrected chi connectivity index (χ4v) is 0. The Balaban J connectivity index is -0.0000000510. The van der Waals surface area contributed by atoms with Crippen molar-refractivity contribution in [3.05, 3.63) is 0 Å². The second-order valence-corrected chi connectivity index (χ2v) is 3.63. The molecule has 11 heteroatoms. The van der Waals surface area contributed by atoms with E-state index in [1.165, 1.54) is 0 Å². The Kier molecular flexibility index (Phi) is 40.4. The molecule has 8 N–H and O–H groups in total. The van der Waals surface area contributed by atoms with Crippen LogP contribution in [0.3, 0.4) is 0 Å². The number of carboxylic acids is 4. The number of carboxylic acid groups (broad SMARTS) is 4. The van der Waals surface area contributed by atoms with E-state index in [4.69, 9.17) is 51.1 Å². The van der Waals surface area contributed by atoms with Gasteiger partial charge in [-0.1, -0.05) is 0 Å². The SMILES string of the molecule is CC(=O)O.CC(=O)O.CC(=O)O.CC(=O)O.NC[CH](N)[Fe]. The molecule has 1 unspecified atom stereocenters. The summed E-state index contributed by atoms with van der Waals surface area (Å²) in [5.74, 6) is -3.33. The molecule has 0 saturated heterocycles. The molecule has 10 nitrogen and oxygen atoms in total. The van der Waals surface area contributed by atoms with Crippen molar-refractivity contribution < 1.29 is 55.6 Å². The van der Waals surface area contributed by atoms with Crippen molar-refractivity contribution >= 4 is 23.9 Å². The summed E-state index contributed by atoms with van der Waals surface area (Å²) in [7, 11) is 0. The summed E-state index contributed by atoms with van der Waals surface area (Å²) >= 11 is 3.41. The van der Waals surface area contributed by atoms with Crippen molar-refractivity contribution in [3.63, 3.8) is 0 Å². The fourth-order valence-electron chi connectivity index (χ4n) is 0. The first-order valence-corrected chi connectivity index (χ1v) is 5.70. The van der Waals surface area contributed by atoms with Crippen LogP contribution in [0.4, 0.5) is 0 Å². The summed E-state index contributed by atoms with van der Waals surface area (Å²) in [6, 6.07) is 0. The Bertz CT molecular complexity index is 220. The molecule has 0 aromatic rings. The van der Waals surface area contributed by atoms with Crippen LogP contribution in [0.1, 0.15) is 27.7 Å². The minimum absolute atomic E-state index is 0.0880. The molecule has 0 radical (unpaired) electrons. The van der Waals surface area contributed by atoms with E-state index in [0.29, 0.717) is 6.54 Å². The second-order valence-electron chi connectivity index (χ2n) is 2.81. The van der Waals surface area contributed by atoms with E-state index in [2.05, 4.69) is 16.0 Å². The molecule has 0 amide bonds. The van der Waals surface area contributed by atoms with Gasteiger partial charge in [0, 0.05) is 27.7 Å². The Morgan fingerprint density at radius 2 is 0.857 bits per heavy atom. The van der Waals surface area contributed by atoms with Crippen LogP contribution in [0.25, 0.3) is 0 Å². The topological polar surface area (TPSA) is 201 Å². The minimum atomic E-state index is -0.833. The van der Waals surface area contributed by atoms with Gasteiger partial charge in [0.2, 0.25) is 0 Å². The standard InChI is InChI=1S/C2H7N2.4C2H4O2.Fe/c3-1-2-4;4*1-2(3)4;/h1H,2-4H2;4*1H3,(H,3,4);. The summed E-state index contributed by atoms with van der Waals surface area (Å²) in [6.07, 6.45) is 0. The molecular weight excluding hydrogens is 332 g/mol. The van der Waals surface area contributed by atoms with Gasteiger partial charge in [-0.05, 0) is 0 Å². The maximum atomic E-state index is 9.00. The molecular formula is C10H23FeN2O8. The fraction of sp³-hybridized carbons (Fsp3) is 0.600. The third-order valence-corrected chi connectivity index (χ3v) is 0.480. The monoisotopic (exact) mass is 355 g/mol. The van der Waals surface area contributed by atoms with E-state index in [1.54, 1.807) is 0 Å². The predicted molar refractivity (Wildman–Crippen MR) is 70.3 cm³/mol. The van der Waals surface area contributed by atoms with E-state index < -0.39 is 23.9 Å². The predicted octanol–water partition coefficient (Wildman–Crippen LogP) is -0.860. The maximum absolute atomic E-state index is 9.00. The Labute approximate surface area is 130 Å².